The number of nitrogens with one attached hydrogen (secondary N) is 3. The van der Waals surface area contributed by atoms with Crippen LogP contribution >= 0.6 is 22.9 Å². The summed E-state index contributed by atoms with van der Waals surface area (Å²) >= 11 is 7.91. The lowest BCUT2D eigenvalue weighted by Crippen LogP contribution is -2.54. The number of halogens is 1. The summed E-state index contributed by atoms with van der Waals surface area (Å²) in [6, 6.07) is 18.2. The average molecular weight is 833 g/mol. The van der Waals surface area contributed by atoms with E-state index in [9.17, 15) is 24.0 Å². The molecule has 1 saturated heterocycles. The first kappa shape index (κ1) is 39.6. The molecule has 0 spiro atoms. The number of piperidine rings is 1. The third-order valence-electron chi connectivity index (χ3n) is 10.9. The number of benzene rings is 3. The Morgan fingerprint density at radius 2 is 1.75 bits per heavy atom. The summed E-state index contributed by atoms with van der Waals surface area (Å²) < 4.78 is 8.00. The lowest BCUT2D eigenvalue weighted by molar-refractivity contribution is -0.136. The minimum absolute atomic E-state index is 0.0558. The SMILES string of the molecule is Cc1sc2c(c1C)C(c1ccc(Cl)cc1)=N[C@@H](CC(=O)N[C@H](C)c1ccc(OCCCNc3cccc4c3C(=O)N(C3CCC(=O)NC3=O)C4=O)cc1)c1nnc(C)n1-2. The van der Waals surface area contributed by atoms with Crippen molar-refractivity contribution in [3.63, 3.8) is 0 Å². The van der Waals surface area contributed by atoms with Gasteiger partial charge in [-0.15, -0.1) is 21.5 Å². The number of carbonyl (C=O) groups is 5. The van der Waals surface area contributed by atoms with E-state index in [2.05, 4.69) is 40.0 Å². The Labute approximate surface area is 349 Å². The molecule has 0 bridgehead atoms. The number of imide groups is 2. The molecule has 1 unspecified atom stereocenters. The van der Waals surface area contributed by atoms with Crippen LogP contribution in [0.2, 0.25) is 5.02 Å². The maximum atomic E-state index is 13.7. The smallest absolute Gasteiger partial charge is 0.264 e. The summed E-state index contributed by atoms with van der Waals surface area (Å²) in [4.78, 5) is 71.6. The highest BCUT2D eigenvalue weighted by molar-refractivity contribution is 7.15. The predicted octanol–water partition coefficient (Wildman–Crippen LogP) is 6.35. The monoisotopic (exact) mass is 832 g/mol. The van der Waals surface area contributed by atoms with Gasteiger partial charge < -0.3 is 15.4 Å². The first-order valence-electron chi connectivity index (χ1n) is 19.4. The highest BCUT2D eigenvalue weighted by Crippen LogP contribution is 2.40. The molecular weight excluding hydrogens is 792 g/mol. The van der Waals surface area contributed by atoms with E-state index in [4.69, 9.17) is 21.3 Å². The minimum Gasteiger partial charge on any atom is -0.494 e. The van der Waals surface area contributed by atoms with Gasteiger partial charge in [0.25, 0.3) is 11.8 Å². The molecule has 16 heteroatoms. The normalized spacial score (nSPS) is 17.7. The molecule has 8 rings (SSSR count). The van der Waals surface area contributed by atoms with E-state index in [0.29, 0.717) is 41.9 Å². The van der Waals surface area contributed by atoms with Crippen LogP contribution in [0.15, 0.2) is 71.7 Å². The number of amides is 5. The Bertz CT molecular complexity index is 2550. The van der Waals surface area contributed by atoms with E-state index in [1.165, 1.54) is 4.88 Å². The standard InChI is InChI=1S/C43H41ClN8O6S/c1-22-24(3)59-43-36(22)38(27-9-13-28(44)14-10-27)47-32(39-50-49-25(4)51(39)43)21-35(54)46-23(2)26-11-15-29(16-12-26)58-20-6-19-45-31-8-5-7-30-37(31)42(57)52(41(30)56)33-17-18-34(53)48-40(33)55/h5,7-16,23,32-33,45H,6,17-21H2,1-4H3,(H,46,54)(H,48,53,55)/t23-,32+,33?/m1/s1. The molecule has 0 aliphatic carbocycles. The third kappa shape index (κ3) is 7.63. The second-order valence-corrected chi connectivity index (χ2v) is 16.4. The number of aromatic nitrogens is 3. The number of ether oxygens (including phenoxy) is 1. The molecule has 1 fully saturated rings. The molecule has 5 amide bonds. The Morgan fingerprint density at radius 3 is 2.49 bits per heavy atom. The lowest BCUT2D eigenvalue weighted by atomic mass is 9.99. The molecule has 3 aromatic carbocycles. The van der Waals surface area contributed by atoms with Crippen molar-refractivity contribution in [1.82, 2.24) is 30.3 Å². The van der Waals surface area contributed by atoms with Crippen molar-refractivity contribution in [3.05, 3.63) is 122 Å². The molecule has 5 aromatic rings. The Kier molecular flexibility index (Phi) is 10.9. The fourth-order valence-electron chi connectivity index (χ4n) is 7.69. The molecule has 2 aromatic heterocycles. The Hall–Kier alpha value is -6.19. The van der Waals surface area contributed by atoms with Crippen molar-refractivity contribution < 1.29 is 28.7 Å². The van der Waals surface area contributed by atoms with Gasteiger partial charge in [0.15, 0.2) is 5.82 Å². The highest BCUT2D eigenvalue weighted by Gasteiger charge is 2.45. The maximum Gasteiger partial charge on any atom is 0.264 e. The van der Waals surface area contributed by atoms with Crippen LogP contribution in [0.4, 0.5) is 5.69 Å². The molecule has 3 aliphatic heterocycles. The number of thiophene rings is 1. The van der Waals surface area contributed by atoms with Crippen molar-refractivity contribution in [2.75, 3.05) is 18.5 Å². The van der Waals surface area contributed by atoms with Gasteiger partial charge in [-0.1, -0.05) is 41.9 Å². The first-order valence-corrected chi connectivity index (χ1v) is 20.6. The van der Waals surface area contributed by atoms with Gasteiger partial charge in [0, 0.05) is 39.7 Å². The second kappa shape index (κ2) is 16.2. The van der Waals surface area contributed by atoms with Gasteiger partial charge in [-0.05, 0) is 88.1 Å². The highest BCUT2D eigenvalue weighted by atomic mass is 35.5. The van der Waals surface area contributed by atoms with Crippen LogP contribution in [-0.2, 0) is 14.4 Å². The lowest BCUT2D eigenvalue weighted by Gasteiger charge is -2.27. The van der Waals surface area contributed by atoms with Gasteiger partial charge in [0.1, 0.15) is 28.7 Å². The van der Waals surface area contributed by atoms with E-state index < -0.39 is 35.7 Å². The molecule has 5 heterocycles. The molecule has 0 radical (unpaired) electrons. The van der Waals surface area contributed by atoms with Crippen LogP contribution in [0.1, 0.15) is 104 Å². The molecule has 14 nitrogen and oxygen atoms in total. The summed E-state index contributed by atoms with van der Waals surface area (Å²) in [7, 11) is 0. The molecule has 3 aliphatic rings. The van der Waals surface area contributed by atoms with Crippen LogP contribution in [0.3, 0.4) is 0 Å². The number of nitrogens with zero attached hydrogens (tertiary/aromatic N) is 5. The van der Waals surface area contributed by atoms with Crippen molar-refractivity contribution in [1.29, 1.82) is 0 Å². The first-order chi connectivity index (χ1) is 28.4. The van der Waals surface area contributed by atoms with E-state index in [0.717, 1.165) is 43.7 Å². The average Bonchev–Trinajstić information content (AvgIpc) is 3.79. The van der Waals surface area contributed by atoms with E-state index in [-0.39, 0.29) is 42.3 Å². The van der Waals surface area contributed by atoms with E-state index in [1.807, 2.05) is 66.9 Å². The quantitative estimate of drug-likeness (QED) is 0.0956. The molecule has 0 saturated carbocycles. The summed E-state index contributed by atoms with van der Waals surface area (Å²) in [5, 5.41) is 19.1. The van der Waals surface area contributed by atoms with Crippen LogP contribution in [0, 0.1) is 20.8 Å². The summed E-state index contributed by atoms with van der Waals surface area (Å²) in [6.07, 6.45) is 0.798. The Balaban J connectivity index is 0.868. The van der Waals surface area contributed by atoms with Crippen LogP contribution in [0.5, 0.6) is 5.75 Å². The fraction of sp³-hybridized carbons (Fsp3) is 0.302. The largest absolute Gasteiger partial charge is 0.494 e. The second-order valence-electron chi connectivity index (χ2n) is 14.8. The number of carbonyl (C=O) groups excluding carboxylic acids is 5. The van der Waals surface area contributed by atoms with Crippen LogP contribution in [0.25, 0.3) is 5.00 Å². The topological polar surface area (TPSA) is 177 Å². The van der Waals surface area contributed by atoms with Crippen molar-refractivity contribution >= 4 is 63.9 Å². The van der Waals surface area contributed by atoms with Crippen molar-refractivity contribution in [2.24, 2.45) is 4.99 Å². The predicted molar refractivity (Wildman–Crippen MR) is 223 cm³/mol. The summed E-state index contributed by atoms with van der Waals surface area (Å²) in [5.74, 6) is -0.374. The Morgan fingerprint density at radius 1 is 0.983 bits per heavy atom. The summed E-state index contributed by atoms with van der Waals surface area (Å²) in [6.45, 7) is 8.84. The van der Waals surface area contributed by atoms with Crippen molar-refractivity contribution in [3.8, 4) is 10.8 Å². The fourth-order valence-corrected chi connectivity index (χ4v) is 9.03. The van der Waals surface area contributed by atoms with Gasteiger partial charge in [0.05, 0.1) is 35.9 Å². The number of fused-ring (bicyclic) bond motifs is 4. The number of rotatable bonds is 12. The third-order valence-corrected chi connectivity index (χ3v) is 12.3. The van der Waals surface area contributed by atoms with Crippen molar-refractivity contribution in [2.45, 2.75) is 71.5 Å². The number of hydrogen-bond donors (Lipinski definition) is 3. The number of aryl methyl sites for hydroxylation is 2. The zero-order chi connectivity index (χ0) is 41.5. The van der Waals surface area contributed by atoms with Gasteiger partial charge in [-0.3, -0.25) is 43.7 Å². The van der Waals surface area contributed by atoms with Gasteiger partial charge in [-0.2, -0.15) is 0 Å². The molecular formula is C43H41ClN8O6S. The molecule has 302 valence electrons. The van der Waals surface area contributed by atoms with Crippen LogP contribution in [-0.4, -0.2) is 74.1 Å². The van der Waals surface area contributed by atoms with Crippen LogP contribution < -0.4 is 20.7 Å². The molecule has 3 N–H and O–H groups in total. The van der Waals surface area contributed by atoms with E-state index in [1.54, 1.807) is 29.5 Å². The van der Waals surface area contributed by atoms with Gasteiger partial charge in [0.2, 0.25) is 17.7 Å². The van der Waals surface area contributed by atoms with Gasteiger partial charge >= 0.3 is 0 Å². The zero-order valence-electron chi connectivity index (χ0n) is 32.8. The summed E-state index contributed by atoms with van der Waals surface area (Å²) in [5.41, 5.74) is 5.63. The van der Waals surface area contributed by atoms with E-state index >= 15 is 0 Å². The number of anilines is 1. The number of hydrogen-bond acceptors (Lipinski definition) is 11. The maximum absolute atomic E-state index is 13.7. The number of aliphatic imine (C=N–C) groups is 1. The zero-order valence-corrected chi connectivity index (χ0v) is 34.4. The molecule has 3 atom stereocenters. The minimum atomic E-state index is -1.03. The van der Waals surface area contributed by atoms with Gasteiger partial charge in [-0.25, -0.2) is 0 Å². The molecule has 59 heavy (non-hydrogen) atoms.